The summed E-state index contributed by atoms with van der Waals surface area (Å²) >= 11 is 0. The molecule has 2 aromatic heterocycles. The van der Waals surface area contributed by atoms with Gasteiger partial charge in [0.25, 0.3) is 0 Å². The van der Waals surface area contributed by atoms with Crippen molar-refractivity contribution in [3.63, 3.8) is 0 Å². The zero-order valence-corrected chi connectivity index (χ0v) is 11.7. The lowest BCUT2D eigenvalue weighted by molar-refractivity contribution is 0.413. The van der Waals surface area contributed by atoms with Crippen LogP contribution in [0, 0.1) is 13.8 Å². The molecule has 0 aliphatic rings. The lowest BCUT2D eigenvalue weighted by Crippen LogP contribution is -2.09. The van der Waals surface area contributed by atoms with Crippen molar-refractivity contribution in [2.45, 2.75) is 26.8 Å². The molecule has 0 atom stereocenters. The molecule has 0 aliphatic carbocycles. The summed E-state index contributed by atoms with van der Waals surface area (Å²) in [5.41, 5.74) is 2.28. The summed E-state index contributed by atoms with van der Waals surface area (Å²) in [6, 6.07) is 5.91. The number of hydrogen-bond donors (Lipinski definition) is 1. The first-order valence-corrected chi connectivity index (χ1v) is 6.44. The number of aromatic nitrogens is 3. The molecule has 0 aromatic carbocycles. The van der Waals surface area contributed by atoms with Crippen LogP contribution < -0.4 is 10.1 Å². The van der Waals surface area contributed by atoms with Crippen molar-refractivity contribution in [3.05, 3.63) is 35.8 Å². The normalized spacial score (nSPS) is 10.5. The van der Waals surface area contributed by atoms with Gasteiger partial charge in [-0.2, -0.15) is 5.10 Å². The molecule has 0 saturated carbocycles. The summed E-state index contributed by atoms with van der Waals surface area (Å²) in [7, 11) is 1.64. The third-order valence-electron chi connectivity index (χ3n) is 2.93. The molecule has 0 saturated heterocycles. The van der Waals surface area contributed by atoms with Gasteiger partial charge in [-0.25, -0.2) is 4.98 Å². The number of methoxy groups -OCH3 is 1. The minimum atomic E-state index is 0.771. The minimum Gasteiger partial charge on any atom is -0.495 e. The summed E-state index contributed by atoms with van der Waals surface area (Å²) in [4.78, 5) is 4.26. The van der Waals surface area contributed by atoms with Crippen molar-refractivity contribution in [1.29, 1.82) is 0 Å². The highest BCUT2D eigenvalue weighted by Crippen LogP contribution is 2.11. The number of nitrogens with zero attached hydrogens (tertiary/aromatic N) is 3. The first-order chi connectivity index (χ1) is 9.19. The van der Waals surface area contributed by atoms with Crippen LogP contribution in [-0.2, 0) is 6.54 Å². The van der Waals surface area contributed by atoms with Crippen LogP contribution in [0.25, 0.3) is 0 Å². The van der Waals surface area contributed by atoms with E-state index < -0.39 is 0 Å². The third kappa shape index (κ3) is 3.71. The van der Waals surface area contributed by atoms with Crippen molar-refractivity contribution in [1.82, 2.24) is 14.8 Å². The molecular weight excluding hydrogens is 240 g/mol. The standard InChI is InChI=1S/C14H20N4O/c1-11-9-12(2)18(17-11)8-4-7-15-14-6-5-13(19-3)10-16-14/h5-6,9-10H,4,7-8H2,1-3H3,(H,15,16). The lowest BCUT2D eigenvalue weighted by Gasteiger charge is -2.07. The van der Waals surface area contributed by atoms with Crippen LogP contribution in [0.4, 0.5) is 5.82 Å². The Labute approximate surface area is 113 Å². The maximum Gasteiger partial charge on any atom is 0.137 e. The second-order valence-corrected chi connectivity index (χ2v) is 4.51. The fourth-order valence-electron chi connectivity index (χ4n) is 1.95. The van der Waals surface area contributed by atoms with E-state index in [-0.39, 0.29) is 0 Å². The molecule has 5 nitrogen and oxygen atoms in total. The molecule has 0 unspecified atom stereocenters. The van der Waals surface area contributed by atoms with Crippen LogP contribution in [-0.4, -0.2) is 28.4 Å². The summed E-state index contributed by atoms with van der Waals surface area (Å²) in [5.74, 6) is 1.64. The molecule has 1 N–H and O–H groups in total. The fraction of sp³-hybridized carbons (Fsp3) is 0.429. The zero-order chi connectivity index (χ0) is 13.7. The van der Waals surface area contributed by atoms with E-state index in [1.54, 1.807) is 13.3 Å². The number of hydrogen-bond acceptors (Lipinski definition) is 4. The van der Waals surface area contributed by atoms with Crippen LogP contribution in [0.3, 0.4) is 0 Å². The zero-order valence-electron chi connectivity index (χ0n) is 11.7. The smallest absolute Gasteiger partial charge is 0.137 e. The summed E-state index contributed by atoms with van der Waals surface area (Å²) in [6.07, 6.45) is 2.72. The average Bonchev–Trinajstić information content (AvgIpc) is 2.74. The number of nitrogens with one attached hydrogen (secondary N) is 1. The number of rotatable bonds is 6. The predicted octanol–water partition coefficient (Wildman–Crippen LogP) is 2.41. The van der Waals surface area contributed by atoms with E-state index in [4.69, 9.17) is 4.74 Å². The van der Waals surface area contributed by atoms with E-state index >= 15 is 0 Å². The van der Waals surface area contributed by atoms with Gasteiger partial charge in [-0.3, -0.25) is 4.68 Å². The van der Waals surface area contributed by atoms with Gasteiger partial charge < -0.3 is 10.1 Å². The van der Waals surface area contributed by atoms with E-state index in [1.165, 1.54) is 5.69 Å². The Morgan fingerprint density at radius 3 is 2.74 bits per heavy atom. The van der Waals surface area contributed by atoms with Crippen LogP contribution >= 0.6 is 0 Å². The van der Waals surface area contributed by atoms with Gasteiger partial charge in [0.2, 0.25) is 0 Å². The average molecular weight is 260 g/mol. The largest absolute Gasteiger partial charge is 0.495 e. The Morgan fingerprint density at radius 1 is 1.32 bits per heavy atom. The highest BCUT2D eigenvalue weighted by molar-refractivity contribution is 5.37. The Balaban J connectivity index is 1.75. The highest BCUT2D eigenvalue weighted by atomic mass is 16.5. The molecule has 102 valence electrons. The van der Waals surface area contributed by atoms with Crippen LogP contribution in [0.2, 0.25) is 0 Å². The molecule has 5 heteroatoms. The van der Waals surface area contributed by atoms with Gasteiger partial charge in [-0.15, -0.1) is 0 Å². The number of anilines is 1. The molecule has 0 aliphatic heterocycles. The van der Waals surface area contributed by atoms with Crippen molar-refractivity contribution in [3.8, 4) is 5.75 Å². The maximum atomic E-state index is 5.07. The van der Waals surface area contributed by atoms with E-state index in [0.29, 0.717) is 0 Å². The lowest BCUT2D eigenvalue weighted by atomic mass is 10.3. The molecule has 2 rings (SSSR count). The van der Waals surface area contributed by atoms with Gasteiger partial charge >= 0.3 is 0 Å². The first-order valence-electron chi connectivity index (χ1n) is 6.44. The number of pyridine rings is 1. The Morgan fingerprint density at radius 2 is 2.16 bits per heavy atom. The summed E-state index contributed by atoms with van der Waals surface area (Å²) < 4.78 is 7.11. The first kappa shape index (κ1) is 13.4. The topological polar surface area (TPSA) is 52.0 Å². The molecule has 19 heavy (non-hydrogen) atoms. The van der Waals surface area contributed by atoms with Gasteiger partial charge in [0, 0.05) is 18.8 Å². The van der Waals surface area contributed by atoms with Gasteiger partial charge in [-0.1, -0.05) is 0 Å². The molecule has 0 fully saturated rings. The van der Waals surface area contributed by atoms with E-state index in [1.807, 2.05) is 23.7 Å². The van der Waals surface area contributed by atoms with Gasteiger partial charge in [-0.05, 0) is 38.5 Å². The van der Waals surface area contributed by atoms with Gasteiger partial charge in [0.1, 0.15) is 11.6 Å². The molecule has 2 aromatic rings. The third-order valence-corrected chi connectivity index (χ3v) is 2.93. The Bertz CT molecular complexity index is 519. The Hall–Kier alpha value is -2.04. The maximum absolute atomic E-state index is 5.07. The van der Waals surface area contributed by atoms with Crippen molar-refractivity contribution in [2.24, 2.45) is 0 Å². The molecule has 0 amide bonds. The summed E-state index contributed by atoms with van der Waals surface area (Å²) in [5, 5.41) is 7.72. The molecule has 0 spiro atoms. The van der Waals surface area contributed by atoms with E-state index in [0.717, 1.165) is 36.8 Å². The highest BCUT2D eigenvalue weighted by Gasteiger charge is 2.00. The monoisotopic (exact) mass is 260 g/mol. The van der Waals surface area contributed by atoms with Gasteiger partial charge in [0.05, 0.1) is 19.0 Å². The van der Waals surface area contributed by atoms with Crippen LogP contribution in [0.15, 0.2) is 24.4 Å². The minimum absolute atomic E-state index is 0.771. The van der Waals surface area contributed by atoms with Crippen LogP contribution in [0.5, 0.6) is 5.75 Å². The number of ether oxygens (including phenoxy) is 1. The summed E-state index contributed by atoms with van der Waals surface area (Å²) in [6.45, 7) is 5.89. The fourth-order valence-corrected chi connectivity index (χ4v) is 1.95. The second-order valence-electron chi connectivity index (χ2n) is 4.51. The van der Waals surface area contributed by atoms with Crippen molar-refractivity contribution in [2.75, 3.05) is 19.0 Å². The predicted molar refractivity (Wildman–Crippen MR) is 75.6 cm³/mol. The molecule has 2 heterocycles. The SMILES string of the molecule is COc1ccc(NCCCn2nc(C)cc2C)nc1. The van der Waals surface area contributed by atoms with Crippen LogP contribution in [0.1, 0.15) is 17.8 Å². The molecule has 0 radical (unpaired) electrons. The Kier molecular flexibility index (Phi) is 4.39. The molecule has 0 bridgehead atoms. The van der Waals surface area contributed by atoms with E-state index in [2.05, 4.69) is 28.4 Å². The second kappa shape index (κ2) is 6.22. The molecular formula is C14H20N4O. The van der Waals surface area contributed by atoms with Crippen molar-refractivity contribution < 1.29 is 4.74 Å². The quantitative estimate of drug-likeness (QED) is 0.810. The number of aryl methyl sites for hydroxylation is 3. The van der Waals surface area contributed by atoms with E-state index in [9.17, 15) is 0 Å². The van der Waals surface area contributed by atoms with Gasteiger partial charge in [0.15, 0.2) is 0 Å². The van der Waals surface area contributed by atoms with Crippen molar-refractivity contribution >= 4 is 5.82 Å².